The van der Waals surface area contributed by atoms with Gasteiger partial charge in [-0.2, -0.15) is 0 Å². The summed E-state index contributed by atoms with van der Waals surface area (Å²) in [6.07, 6.45) is 5.61. The van der Waals surface area contributed by atoms with Crippen LogP contribution in [-0.2, 0) is 9.53 Å². The van der Waals surface area contributed by atoms with Crippen LogP contribution < -0.4 is 5.73 Å². The van der Waals surface area contributed by atoms with Gasteiger partial charge in [-0.15, -0.1) is 0 Å². The first-order valence-corrected chi connectivity index (χ1v) is 8.26. The van der Waals surface area contributed by atoms with E-state index in [0.29, 0.717) is 24.8 Å². The second kappa shape index (κ2) is 12.4. The predicted molar refractivity (Wildman–Crippen MR) is 98.5 cm³/mol. The van der Waals surface area contributed by atoms with Crippen molar-refractivity contribution in [2.75, 3.05) is 0 Å². The van der Waals surface area contributed by atoms with Crippen molar-refractivity contribution in [3.8, 4) is 0 Å². The molecule has 24 heavy (non-hydrogen) atoms. The van der Waals surface area contributed by atoms with E-state index < -0.39 is 5.91 Å². The van der Waals surface area contributed by atoms with Crippen LogP contribution in [0.3, 0.4) is 0 Å². The number of aliphatic imine (C=N–C) groups is 1. The van der Waals surface area contributed by atoms with Crippen molar-refractivity contribution >= 4 is 40.7 Å². The third-order valence-corrected chi connectivity index (χ3v) is 3.25. The number of amides is 1. The van der Waals surface area contributed by atoms with Crippen molar-refractivity contribution in [2.45, 2.75) is 58.8 Å². The largest absolute Gasteiger partial charge is 0.430 e. The molecule has 0 unspecified atom stereocenters. The summed E-state index contributed by atoms with van der Waals surface area (Å²) in [5.74, 6) is -0.383. The third-order valence-electron chi connectivity index (χ3n) is 3.17. The summed E-state index contributed by atoms with van der Waals surface area (Å²) in [5.41, 5.74) is 5.85. The van der Waals surface area contributed by atoms with Crippen molar-refractivity contribution in [1.82, 2.24) is 0 Å². The predicted octanol–water partition coefficient (Wildman–Crippen LogP) is 3.75. The van der Waals surface area contributed by atoms with Gasteiger partial charge >= 0.3 is 0 Å². The highest BCUT2D eigenvalue weighted by Crippen LogP contribution is 2.15. The van der Waals surface area contributed by atoms with E-state index in [1.807, 2.05) is 0 Å². The monoisotopic (exact) mass is 355 g/mol. The van der Waals surface area contributed by atoms with Gasteiger partial charge in [0.2, 0.25) is 5.91 Å². The molecule has 0 aliphatic carbocycles. The number of rotatable bonds is 11. The summed E-state index contributed by atoms with van der Waals surface area (Å²) in [6.45, 7) is 3.37. The molecule has 0 aliphatic heterocycles. The highest BCUT2D eigenvalue weighted by atomic mass is 35.5. The Bertz CT molecular complexity index is 537. The summed E-state index contributed by atoms with van der Waals surface area (Å²) in [5, 5.41) is 22.5. The van der Waals surface area contributed by atoms with Crippen molar-refractivity contribution in [3.63, 3.8) is 0 Å². The summed E-state index contributed by atoms with van der Waals surface area (Å²) in [6, 6.07) is 0. The van der Waals surface area contributed by atoms with Gasteiger partial charge in [0, 0.05) is 24.6 Å². The lowest BCUT2D eigenvalue weighted by Gasteiger charge is -2.07. The summed E-state index contributed by atoms with van der Waals surface area (Å²) < 4.78 is 5.00. The molecule has 7 nitrogen and oxygen atoms in total. The van der Waals surface area contributed by atoms with Gasteiger partial charge in [0.15, 0.2) is 11.8 Å². The number of primary amides is 1. The number of ether oxygens (including phenoxy) is 1. The molecule has 0 aliphatic rings. The third kappa shape index (κ3) is 9.89. The Kier molecular flexibility index (Phi) is 11.4. The molecule has 0 aromatic heterocycles. The Morgan fingerprint density at radius 1 is 1.17 bits per heavy atom. The first kappa shape index (κ1) is 22.0. The zero-order chi connectivity index (χ0) is 18.5. The maximum atomic E-state index is 11.5. The van der Waals surface area contributed by atoms with Crippen molar-refractivity contribution in [2.24, 2.45) is 10.7 Å². The molecule has 0 spiro atoms. The van der Waals surface area contributed by atoms with E-state index in [9.17, 15) is 4.79 Å². The molecule has 0 radical (unpaired) electrons. The Hall–Kier alpha value is -2.02. The van der Waals surface area contributed by atoms with Gasteiger partial charge in [-0.05, 0) is 26.2 Å². The molecule has 134 valence electrons. The average Bonchev–Trinajstić information content (AvgIpc) is 2.51. The van der Waals surface area contributed by atoms with Gasteiger partial charge in [0.05, 0.1) is 5.70 Å². The molecular weight excluding hydrogens is 330 g/mol. The van der Waals surface area contributed by atoms with Crippen LogP contribution >= 0.6 is 11.6 Å². The quantitative estimate of drug-likeness (QED) is 0.194. The molecule has 0 fully saturated rings. The lowest BCUT2D eigenvalue weighted by molar-refractivity contribution is -0.114. The standard InChI is InChI=1S/C16H26ClN5O2/c1-3-14(19)24-15(20)9-7-5-4-6-8-12(16(21)23)13(10-18)22-11(2)17/h10,18-20H,3-9H2,1-2H3,(H2,21,23)/b13-12-,18-10?,19-14?,20-15?,22-11+. The van der Waals surface area contributed by atoms with Crippen molar-refractivity contribution in [3.05, 3.63) is 11.3 Å². The Morgan fingerprint density at radius 2 is 1.75 bits per heavy atom. The molecule has 0 aromatic carbocycles. The highest BCUT2D eigenvalue weighted by Gasteiger charge is 2.11. The molecule has 0 rings (SSSR count). The number of allylic oxidation sites excluding steroid dienone is 1. The zero-order valence-electron chi connectivity index (χ0n) is 14.2. The lowest BCUT2D eigenvalue weighted by Crippen LogP contribution is -2.16. The maximum Gasteiger partial charge on any atom is 0.246 e. The number of nitrogens with one attached hydrogen (secondary N) is 3. The fourth-order valence-electron chi connectivity index (χ4n) is 1.94. The SMILES string of the molecule is CCC(=N)OC(=N)CCCCCC/C(C(N)=O)=C(C=N)/N=C(\C)Cl. The average molecular weight is 356 g/mol. The smallest absolute Gasteiger partial charge is 0.246 e. The number of unbranched alkanes of at least 4 members (excludes halogenated alkanes) is 3. The molecule has 0 heterocycles. The van der Waals surface area contributed by atoms with Crippen LogP contribution in [0.15, 0.2) is 16.3 Å². The van der Waals surface area contributed by atoms with Gasteiger partial charge in [0.1, 0.15) is 5.17 Å². The first-order valence-electron chi connectivity index (χ1n) is 7.88. The van der Waals surface area contributed by atoms with Crippen LogP contribution in [0.25, 0.3) is 0 Å². The van der Waals surface area contributed by atoms with Gasteiger partial charge < -0.3 is 15.9 Å². The van der Waals surface area contributed by atoms with Crippen LogP contribution in [0.5, 0.6) is 0 Å². The summed E-state index contributed by atoms with van der Waals surface area (Å²) in [7, 11) is 0. The number of carbonyl (C=O) groups excluding carboxylic acids is 1. The molecular formula is C16H26ClN5O2. The Labute approximate surface area is 147 Å². The lowest BCUT2D eigenvalue weighted by atomic mass is 10.0. The molecule has 0 aromatic rings. The summed E-state index contributed by atoms with van der Waals surface area (Å²) >= 11 is 5.69. The molecule has 8 heteroatoms. The minimum atomic E-state index is -0.594. The van der Waals surface area contributed by atoms with Gasteiger partial charge in [-0.3, -0.25) is 15.6 Å². The van der Waals surface area contributed by atoms with Gasteiger partial charge in [0.25, 0.3) is 0 Å². The van der Waals surface area contributed by atoms with E-state index in [1.54, 1.807) is 13.8 Å². The highest BCUT2D eigenvalue weighted by molar-refractivity contribution is 6.65. The minimum absolute atomic E-state index is 0.102. The molecule has 0 atom stereocenters. The summed E-state index contributed by atoms with van der Waals surface area (Å²) in [4.78, 5) is 15.4. The fraction of sp³-hybridized carbons (Fsp3) is 0.562. The molecule has 0 bridgehead atoms. The van der Waals surface area contributed by atoms with Gasteiger partial charge in [-0.25, -0.2) is 4.99 Å². The molecule has 1 amide bonds. The zero-order valence-corrected chi connectivity index (χ0v) is 15.0. The van der Waals surface area contributed by atoms with Crippen LogP contribution in [-0.4, -0.2) is 29.1 Å². The second-order valence-corrected chi connectivity index (χ2v) is 5.74. The van der Waals surface area contributed by atoms with Crippen LogP contribution in [0, 0.1) is 16.2 Å². The number of hydrogen-bond acceptors (Lipinski definition) is 6. The van der Waals surface area contributed by atoms with Crippen molar-refractivity contribution in [1.29, 1.82) is 16.2 Å². The van der Waals surface area contributed by atoms with E-state index in [-0.39, 0.29) is 22.7 Å². The van der Waals surface area contributed by atoms with Crippen molar-refractivity contribution < 1.29 is 9.53 Å². The number of nitrogens with zero attached hydrogens (tertiary/aromatic N) is 1. The topological polar surface area (TPSA) is 136 Å². The number of halogens is 1. The van der Waals surface area contributed by atoms with Crippen LogP contribution in [0.2, 0.25) is 0 Å². The first-order chi connectivity index (χ1) is 11.3. The normalized spacial score (nSPS) is 12.4. The Morgan fingerprint density at radius 3 is 2.21 bits per heavy atom. The van der Waals surface area contributed by atoms with Crippen LogP contribution in [0.1, 0.15) is 58.8 Å². The Balaban J connectivity index is 4.28. The second-order valence-electron chi connectivity index (χ2n) is 5.20. The van der Waals surface area contributed by atoms with E-state index >= 15 is 0 Å². The molecule has 0 saturated carbocycles. The molecule has 5 N–H and O–H groups in total. The number of carbonyl (C=O) groups is 1. The van der Waals surface area contributed by atoms with Crippen LogP contribution in [0.4, 0.5) is 0 Å². The van der Waals surface area contributed by atoms with E-state index in [0.717, 1.165) is 31.9 Å². The van der Waals surface area contributed by atoms with E-state index in [1.165, 1.54) is 0 Å². The fourth-order valence-corrected chi connectivity index (χ4v) is 2.03. The van der Waals surface area contributed by atoms with E-state index in [2.05, 4.69) is 4.99 Å². The van der Waals surface area contributed by atoms with E-state index in [4.69, 9.17) is 38.3 Å². The maximum absolute atomic E-state index is 11.5. The number of hydrogen-bond donors (Lipinski definition) is 4. The molecule has 0 saturated heterocycles. The minimum Gasteiger partial charge on any atom is -0.430 e. The van der Waals surface area contributed by atoms with Gasteiger partial charge in [-0.1, -0.05) is 31.4 Å². The number of nitrogens with two attached hydrogens (primary N) is 1.